The highest BCUT2D eigenvalue weighted by Crippen LogP contribution is 2.29. The summed E-state index contributed by atoms with van der Waals surface area (Å²) in [5.74, 6) is 1.73. The quantitative estimate of drug-likeness (QED) is 0.743. The Kier molecular flexibility index (Phi) is 2.92. The van der Waals surface area contributed by atoms with Crippen LogP contribution >= 0.6 is 0 Å². The van der Waals surface area contributed by atoms with Crippen LogP contribution in [0.4, 0.5) is 5.69 Å². The predicted molar refractivity (Wildman–Crippen MR) is 58.3 cm³/mol. The SMILES string of the molecule is Nc1ccccc1OCCC1CCC1. The Morgan fingerprint density at radius 1 is 1.29 bits per heavy atom. The van der Waals surface area contributed by atoms with E-state index in [1.807, 2.05) is 24.3 Å². The van der Waals surface area contributed by atoms with Gasteiger partial charge in [0.1, 0.15) is 5.75 Å². The van der Waals surface area contributed by atoms with Gasteiger partial charge in [0.2, 0.25) is 0 Å². The Labute approximate surface area is 85.1 Å². The standard InChI is InChI=1S/C12H17NO/c13-11-6-1-2-7-12(11)14-9-8-10-4-3-5-10/h1-2,6-7,10H,3-5,8-9,13H2. The monoisotopic (exact) mass is 191 g/mol. The van der Waals surface area contributed by atoms with Gasteiger partial charge < -0.3 is 10.5 Å². The number of rotatable bonds is 4. The molecular weight excluding hydrogens is 174 g/mol. The first kappa shape index (κ1) is 9.38. The van der Waals surface area contributed by atoms with Gasteiger partial charge >= 0.3 is 0 Å². The van der Waals surface area contributed by atoms with Gasteiger partial charge in [-0.3, -0.25) is 0 Å². The van der Waals surface area contributed by atoms with Crippen molar-refractivity contribution >= 4 is 5.69 Å². The molecule has 1 aromatic rings. The summed E-state index contributed by atoms with van der Waals surface area (Å²) in [5.41, 5.74) is 6.50. The maximum Gasteiger partial charge on any atom is 0.142 e. The highest BCUT2D eigenvalue weighted by Gasteiger charge is 2.16. The summed E-state index contributed by atoms with van der Waals surface area (Å²) in [6, 6.07) is 7.68. The number of benzene rings is 1. The molecule has 0 saturated heterocycles. The maximum atomic E-state index is 5.76. The molecule has 1 saturated carbocycles. The lowest BCUT2D eigenvalue weighted by Crippen LogP contribution is -2.14. The molecule has 0 bridgehead atoms. The van der Waals surface area contributed by atoms with Crippen LogP contribution in [0.1, 0.15) is 25.7 Å². The number of anilines is 1. The van der Waals surface area contributed by atoms with E-state index in [1.54, 1.807) is 0 Å². The van der Waals surface area contributed by atoms with Crippen LogP contribution in [0.5, 0.6) is 5.75 Å². The molecule has 76 valence electrons. The second kappa shape index (κ2) is 4.36. The Morgan fingerprint density at radius 2 is 2.07 bits per heavy atom. The lowest BCUT2D eigenvalue weighted by molar-refractivity contribution is 0.222. The highest BCUT2D eigenvalue weighted by molar-refractivity contribution is 5.51. The number of nitrogen functional groups attached to an aromatic ring is 1. The van der Waals surface area contributed by atoms with Gasteiger partial charge in [0, 0.05) is 0 Å². The normalized spacial score (nSPS) is 16.3. The Bertz CT molecular complexity index is 294. The molecule has 0 radical (unpaired) electrons. The van der Waals surface area contributed by atoms with Crippen molar-refractivity contribution in [3.8, 4) is 5.75 Å². The molecular formula is C12H17NO. The molecule has 1 aliphatic rings. The zero-order chi connectivity index (χ0) is 9.80. The van der Waals surface area contributed by atoms with E-state index in [4.69, 9.17) is 10.5 Å². The fourth-order valence-electron chi connectivity index (χ4n) is 1.73. The number of nitrogens with two attached hydrogens (primary N) is 1. The van der Waals surface area contributed by atoms with Crippen molar-refractivity contribution in [3.05, 3.63) is 24.3 Å². The van der Waals surface area contributed by atoms with Crippen molar-refractivity contribution in [1.82, 2.24) is 0 Å². The van der Waals surface area contributed by atoms with Gasteiger partial charge in [-0.1, -0.05) is 31.4 Å². The fraction of sp³-hybridized carbons (Fsp3) is 0.500. The van der Waals surface area contributed by atoms with E-state index in [2.05, 4.69) is 0 Å². The summed E-state index contributed by atoms with van der Waals surface area (Å²) in [7, 11) is 0. The molecule has 1 aromatic carbocycles. The molecule has 0 unspecified atom stereocenters. The van der Waals surface area contributed by atoms with Crippen LogP contribution in [-0.4, -0.2) is 6.61 Å². The molecule has 1 aliphatic carbocycles. The van der Waals surface area contributed by atoms with Crippen molar-refractivity contribution in [1.29, 1.82) is 0 Å². The summed E-state index contributed by atoms with van der Waals surface area (Å²) in [6.45, 7) is 0.804. The third-order valence-corrected chi connectivity index (χ3v) is 2.93. The van der Waals surface area contributed by atoms with Crippen molar-refractivity contribution in [2.24, 2.45) is 5.92 Å². The number of hydrogen-bond donors (Lipinski definition) is 1. The lowest BCUT2D eigenvalue weighted by Gasteiger charge is -2.25. The van der Waals surface area contributed by atoms with Gasteiger partial charge in [0.25, 0.3) is 0 Å². The number of ether oxygens (including phenoxy) is 1. The molecule has 0 atom stereocenters. The average Bonchev–Trinajstić information content (AvgIpc) is 2.12. The first-order valence-electron chi connectivity index (χ1n) is 5.33. The van der Waals surface area contributed by atoms with E-state index in [9.17, 15) is 0 Å². The zero-order valence-electron chi connectivity index (χ0n) is 8.41. The van der Waals surface area contributed by atoms with Crippen LogP contribution in [0, 0.1) is 5.92 Å². The predicted octanol–water partition coefficient (Wildman–Crippen LogP) is 2.84. The number of para-hydroxylation sites is 2. The third kappa shape index (κ3) is 2.19. The molecule has 2 heteroatoms. The topological polar surface area (TPSA) is 35.2 Å². The van der Waals surface area contributed by atoms with Crippen LogP contribution in [0.25, 0.3) is 0 Å². The molecule has 0 aromatic heterocycles. The number of hydrogen-bond acceptors (Lipinski definition) is 2. The van der Waals surface area contributed by atoms with E-state index >= 15 is 0 Å². The Balaban J connectivity index is 1.76. The second-order valence-corrected chi connectivity index (χ2v) is 3.97. The average molecular weight is 191 g/mol. The lowest BCUT2D eigenvalue weighted by atomic mass is 9.83. The third-order valence-electron chi connectivity index (χ3n) is 2.93. The zero-order valence-corrected chi connectivity index (χ0v) is 8.41. The molecule has 1 fully saturated rings. The van der Waals surface area contributed by atoms with Gasteiger partial charge in [0.05, 0.1) is 12.3 Å². The summed E-state index contributed by atoms with van der Waals surface area (Å²) in [6.07, 6.45) is 5.34. The summed E-state index contributed by atoms with van der Waals surface area (Å²) in [4.78, 5) is 0. The highest BCUT2D eigenvalue weighted by atomic mass is 16.5. The van der Waals surface area contributed by atoms with E-state index < -0.39 is 0 Å². The van der Waals surface area contributed by atoms with Crippen LogP contribution in [-0.2, 0) is 0 Å². The smallest absolute Gasteiger partial charge is 0.142 e. The molecule has 14 heavy (non-hydrogen) atoms. The Morgan fingerprint density at radius 3 is 2.71 bits per heavy atom. The fourth-order valence-corrected chi connectivity index (χ4v) is 1.73. The van der Waals surface area contributed by atoms with Gasteiger partial charge in [-0.25, -0.2) is 0 Å². The van der Waals surface area contributed by atoms with E-state index in [0.29, 0.717) is 0 Å². The van der Waals surface area contributed by atoms with Crippen LogP contribution in [0.3, 0.4) is 0 Å². The van der Waals surface area contributed by atoms with Crippen molar-refractivity contribution in [2.45, 2.75) is 25.7 Å². The largest absolute Gasteiger partial charge is 0.491 e. The van der Waals surface area contributed by atoms with Gasteiger partial charge in [-0.05, 0) is 24.5 Å². The van der Waals surface area contributed by atoms with Gasteiger partial charge in [-0.2, -0.15) is 0 Å². The minimum Gasteiger partial charge on any atom is -0.491 e. The summed E-state index contributed by atoms with van der Waals surface area (Å²) < 4.78 is 5.62. The maximum absolute atomic E-state index is 5.76. The molecule has 0 amide bonds. The van der Waals surface area contributed by atoms with Crippen LogP contribution < -0.4 is 10.5 Å². The van der Waals surface area contributed by atoms with Crippen molar-refractivity contribution in [2.75, 3.05) is 12.3 Å². The summed E-state index contributed by atoms with van der Waals surface area (Å²) >= 11 is 0. The minimum absolute atomic E-state index is 0.737. The summed E-state index contributed by atoms with van der Waals surface area (Å²) in [5, 5.41) is 0. The molecule has 2 N–H and O–H groups in total. The van der Waals surface area contributed by atoms with E-state index in [0.717, 1.165) is 24.0 Å². The molecule has 2 rings (SSSR count). The molecule has 0 spiro atoms. The van der Waals surface area contributed by atoms with E-state index in [1.165, 1.54) is 25.7 Å². The minimum atomic E-state index is 0.737. The van der Waals surface area contributed by atoms with Crippen molar-refractivity contribution < 1.29 is 4.74 Å². The second-order valence-electron chi connectivity index (χ2n) is 3.97. The van der Waals surface area contributed by atoms with Crippen LogP contribution in [0.15, 0.2) is 24.3 Å². The van der Waals surface area contributed by atoms with Gasteiger partial charge in [0.15, 0.2) is 0 Å². The molecule has 0 heterocycles. The molecule has 2 nitrogen and oxygen atoms in total. The first-order valence-corrected chi connectivity index (χ1v) is 5.33. The van der Waals surface area contributed by atoms with E-state index in [-0.39, 0.29) is 0 Å². The van der Waals surface area contributed by atoms with Gasteiger partial charge in [-0.15, -0.1) is 0 Å². The van der Waals surface area contributed by atoms with Crippen LogP contribution in [0.2, 0.25) is 0 Å². The first-order chi connectivity index (χ1) is 6.86. The molecule has 0 aliphatic heterocycles. The van der Waals surface area contributed by atoms with Crippen molar-refractivity contribution in [3.63, 3.8) is 0 Å². The Hall–Kier alpha value is -1.18.